The molecule has 0 saturated heterocycles. The number of aryl methyl sites for hydroxylation is 1. The minimum Gasteiger partial charge on any atom is -0.389 e. The molecule has 0 aliphatic heterocycles. The van der Waals surface area contributed by atoms with Crippen LogP contribution < -0.4 is 0 Å². The lowest BCUT2D eigenvalue weighted by molar-refractivity contribution is 0.222. The normalized spacial score (nSPS) is 13.5. The molecule has 1 heterocycles. The van der Waals surface area contributed by atoms with E-state index < -0.39 is 6.10 Å². The summed E-state index contributed by atoms with van der Waals surface area (Å²) in [5.74, 6) is 0. The summed E-state index contributed by atoms with van der Waals surface area (Å²) in [6.07, 6.45) is 6.94. The predicted molar refractivity (Wildman–Crippen MR) is 51.3 cm³/mol. The minimum absolute atomic E-state index is 0.458. The Morgan fingerprint density at radius 3 is 2.77 bits per heavy atom. The third-order valence-electron chi connectivity index (χ3n) is 1.80. The summed E-state index contributed by atoms with van der Waals surface area (Å²) in [4.78, 5) is 8.24. The Kier molecular flexibility index (Phi) is 3.58. The fourth-order valence-electron chi connectivity index (χ4n) is 1.13. The Morgan fingerprint density at radius 1 is 1.46 bits per heavy atom. The van der Waals surface area contributed by atoms with Crippen molar-refractivity contribution in [3.8, 4) is 0 Å². The van der Waals surface area contributed by atoms with Crippen LogP contribution in [0.1, 0.15) is 18.3 Å². The van der Waals surface area contributed by atoms with Crippen LogP contribution in [0.2, 0.25) is 0 Å². The molecule has 1 aromatic rings. The van der Waals surface area contributed by atoms with Crippen molar-refractivity contribution in [3.05, 3.63) is 35.9 Å². The first-order valence-electron chi connectivity index (χ1n) is 4.31. The molecule has 0 aromatic carbocycles. The molecule has 0 amide bonds. The van der Waals surface area contributed by atoms with Gasteiger partial charge in [0.2, 0.25) is 0 Å². The summed E-state index contributed by atoms with van der Waals surface area (Å²) in [5.41, 5.74) is 1.74. The molecule has 13 heavy (non-hydrogen) atoms. The second kappa shape index (κ2) is 4.72. The van der Waals surface area contributed by atoms with Crippen molar-refractivity contribution >= 4 is 0 Å². The third-order valence-corrected chi connectivity index (χ3v) is 1.80. The van der Waals surface area contributed by atoms with Gasteiger partial charge in [0.25, 0.3) is 0 Å². The van der Waals surface area contributed by atoms with Gasteiger partial charge in [-0.3, -0.25) is 9.97 Å². The van der Waals surface area contributed by atoms with Crippen molar-refractivity contribution in [2.45, 2.75) is 26.4 Å². The van der Waals surface area contributed by atoms with Crippen molar-refractivity contribution in [3.63, 3.8) is 0 Å². The van der Waals surface area contributed by atoms with Crippen LogP contribution in [0, 0.1) is 6.92 Å². The highest BCUT2D eigenvalue weighted by Gasteiger charge is 2.05. The zero-order chi connectivity index (χ0) is 9.68. The molecular weight excluding hydrogens is 164 g/mol. The molecule has 1 N–H and O–H groups in total. The van der Waals surface area contributed by atoms with Crippen LogP contribution in [-0.4, -0.2) is 21.2 Å². The molecule has 1 rings (SSSR count). The molecule has 0 fully saturated rings. The molecule has 0 radical (unpaired) electrons. The molecule has 0 saturated carbocycles. The van der Waals surface area contributed by atoms with E-state index in [-0.39, 0.29) is 0 Å². The van der Waals surface area contributed by atoms with E-state index in [1.807, 2.05) is 19.9 Å². The Balaban J connectivity index is 2.68. The number of hydrogen-bond donors (Lipinski definition) is 1. The Hall–Kier alpha value is -1.22. The molecule has 0 spiro atoms. The van der Waals surface area contributed by atoms with Crippen LogP contribution in [0.25, 0.3) is 0 Å². The van der Waals surface area contributed by atoms with Gasteiger partial charge >= 0.3 is 0 Å². The average molecular weight is 178 g/mol. The molecule has 3 nitrogen and oxygen atoms in total. The zero-order valence-electron chi connectivity index (χ0n) is 7.94. The molecule has 0 aliphatic rings. The molecule has 0 bridgehead atoms. The van der Waals surface area contributed by atoms with Crippen LogP contribution in [0.5, 0.6) is 0 Å². The third kappa shape index (κ3) is 2.95. The molecule has 1 unspecified atom stereocenters. The van der Waals surface area contributed by atoms with Gasteiger partial charge in [0, 0.05) is 18.8 Å². The summed E-state index contributed by atoms with van der Waals surface area (Å²) in [6.45, 7) is 3.78. The van der Waals surface area contributed by atoms with Crippen LogP contribution in [0.4, 0.5) is 0 Å². The fraction of sp³-hybridized carbons (Fsp3) is 0.400. The number of aromatic nitrogens is 2. The van der Waals surface area contributed by atoms with Gasteiger partial charge in [-0.15, -0.1) is 0 Å². The maximum Gasteiger partial charge on any atom is 0.0776 e. The molecule has 1 aromatic heterocycles. The van der Waals surface area contributed by atoms with Crippen molar-refractivity contribution < 1.29 is 5.11 Å². The highest BCUT2D eigenvalue weighted by molar-refractivity contribution is 5.10. The molecule has 3 heteroatoms. The fourth-order valence-corrected chi connectivity index (χ4v) is 1.13. The summed E-state index contributed by atoms with van der Waals surface area (Å²) in [7, 11) is 0. The zero-order valence-corrected chi connectivity index (χ0v) is 7.94. The van der Waals surface area contributed by atoms with Gasteiger partial charge in [-0.05, 0) is 13.8 Å². The largest absolute Gasteiger partial charge is 0.389 e. The van der Waals surface area contributed by atoms with E-state index in [0.29, 0.717) is 6.42 Å². The topological polar surface area (TPSA) is 46.0 Å². The van der Waals surface area contributed by atoms with E-state index in [4.69, 9.17) is 0 Å². The minimum atomic E-state index is -0.458. The number of rotatable bonds is 3. The van der Waals surface area contributed by atoms with Crippen molar-refractivity contribution in [2.75, 3.05) is 0 Å². The second-order valence-electron chi connectivity index (χ2n) is 2.89. The lowest BCUT2D eigenvalue weighted by Crippen LogP contribution is -2.09. The SMILES string of the molecule is C/C=C/C(O)Cc1nccnc1C. The average Bonchev–Trinajstić information content (AvgIpc) is 2.09. The highest BCUT2D eigenvalue weighted by Crippen LogP contribution is 2.04. The van der Waals surface area contributed by atoms with Crippen molar-refractivity contribution in [1.29, 1.82) is 0 Å². The molecule has 1 atom stereocenters. The number of hydrogen-bond acceptors (Lipinski definition) is 3. The first-order valence-corrected chi connectivity index (χ1v) is 4.31. The van der Waals surface area contributed by atoms with Crippen LogP contribution >= 0.6 is 0 Å². The Labute approximate surface area is 78.2 Å². The second-order valence-corrected chi connectivity index (χ2v) is 2.89. The highest BCUT2D eigenvalue weighted by atomic mass is 16.3. The van der Waals surface area contributed by atoms with Gasteiger partial charge in [-0.1, -0.05) is 12.2 Å². The maximum absolute atomic E-state index is 9.47. The van der Waals surface area contributed by atoms with Gasteiger partial charge in [-0.25, -0.2) is 0 Å². The smallest absolute Gasteiger partial charge is 0.0776 e. The standard InChI is InChI=1S/C10H14N2O/c1-3-4-9(13)7-10-8(2)11-5-6-12-10/h3-6,9,13H,7H2,1-2H3/b4-3+. The van der Waals surface area contributed by atoms with E-state index in [0.717, 1.165) is 11.4 Å². The molecule has 0 aliphatic carbocycles. The van der Waals surface area contributed by atoms with E-state index in [1.165, 1.54) is 0 Å². The molecular formula is C10H14N2O. The first kappa shape index (κ1) is 9.86. The van der Waals surface area contributed by atoms with Gasteiger partial charge in [-0.2, -0.15) is 0 Å². The monoisotopic (exact) mass is 178 g/mol. The quantitative estimate of drug-likeness (QED) is 0.709. The van der Waals surface area contributed by atoms with Gasteiger partial charge in [0.1, 0.15) is 0 Å². The Morgan fingerprint density at radius 2 is 2.15 bits per heavy atom. The van der Waals surface area contributed by atoms with Crippen LogP contribution in [0.15, 0.2) is 24.5 Å². The summed E-state index contributed by atoms with van der Waals surface area (Å²) < 4.78 is 0. The lowest BCUT2D eigenvalue weighted by atomic mass is 10.1. The van der Waals surface area contributed by atoms with Gasteiger partial charge in [0.05, 0.1) is 17.5 Å². The van der Waals surface area contributed by atoms with Crippen molar-refractivity contribution in [2.24, 2.45) is 0 Å². The number of allylic oxidation sites excluding steroid dienone is 1. The summed E-state index contributed by atoms with van der Waals surface area (Å²) >= 11 is 0. The number of nitrogens with zero attached hydrogens (tertiary/aromatic N) is 2. The van der Waals surface area contributed by atoms with E-state index in [2.05, 4.69) is 9.97 Å². The van der Waals surface area contributed by atoms with Crippen LogP contribution in [-0.2, 0) is 6.42 Å². The van der Waals surface area contributed by atoms with E-state index >= 15 is 0 Å². The first-order chi connectivity index (χ1) is 6.24. The van der Waals surface area contributed by atoms with E-state index in [9.17, 15) is 5.11 Å². The van der Waals surface area contributed by atoms with Crippen LogP contribution in [0.3, 0.4) is 0 Å². The molecule has 70 valence electrons. The Bertz CT molecular complexity index is 297. The summed E-state index contributed by atoms with van der Waals surface area (Å²) in [6, 6.07) is 0. The predicted octanol–water partition coefficient (Wildman–Crippen LogP) is 1.26. The van der Waals surface area contributed by atoms with E-state index in [1.54, 1.807) is 18.5 Å². The maximum atomic E-state index is 9.47. The summed E-state index contributed by atoms with van der Waals surface area (Å²) in [5, 5.41) is 9.47. The lowest BCUT2D eigenvalue weighted by Gasteiger charge is -2.05. The number of aliphatic hydroxyl groups excluding tert-OH is 1. The number of aliphatic hydroxyl groups is 1. The van der Waals surface area contributed by atoms with Gasteiger partial charge in [0.15, 0.2) is 0 Å². The van der Waals surface area contributed by atoms with Crippen molar-refractivity contribution in [1.82, 2.24) is 9.97 Å². The van der Waals surface area contributed by atoms with Gasteiger partial charge < -0.3 is 5.11 Å².